The van der Waals surface area contributed by atoms with Crippen LogP contribution in [0.3, 0.4) is 0 Å². The summed E-state index contributed by atoms with van der Waals surface area (Å²) in [5.41, 5.74) is 5.33. The molecule has 1 aromatic heterocycles. The third kappa shape index (κ3) is 4.19. The van der Waals surface area contributed by atoms with Crippen LogP contribution >= 0.6 is 0 Å². The first-order valence-corrected chi connectivity index (χ1v) is 6.40. The van der Waals surface area contributed by atoms with E-state index in [0.717, 1.165) is 6.07 Å². The topological polar surface area (TPSA) is 48.1 Å². The molecular formula is C15H15F3N2O. The number of pyridine rings is 1. The monoisotopic (exact) mass is 296 g/mol. The van der Waals surface area contributed by atoms with Gasteiger partial charge in [-0.05, 0) is 43.2 Å². The highest BCUT2D eigenvalue weighted by Crippen LogP contribution is 2.38. The van der Waals surface area contributed by atoms with Crippen LogP contribution in [0, 0.1) is 0 Å². The number of aromatic nitrogens is 1. The fourth-order valence-electron chi connectivity index (χ4n) is 1.92. The molecule has 0 bridgehead atoms. The van der Waals surface area contributed by atoms with Crippen LogP contribution in [0.2, 0.25) is 0 Å². The lowest BCUT2D eigenvalue weighted by molar-refractivity contribution is -0.138. The Kier molecular flexibility index (Phi) is 4.47. The average Bonchev–Trinajstić information content (AvgIpc) is 2.40. The molecule has 0 aliphatic heterocycles. The molecule has 1 unspecified atom stereocenters. The highest BCUT2D eigenvalue weighted by atomic mass is 19.4. The van der Waals surface area contributed by atoms with Gasteiger partial charge in [-0.15, -0.1) is 0 Å². The number of benzene rings is 1. The maximum atomic E-state index is 13.1. The first kappa shape index (κ1) is 15.3. The lowest BCUT2D eigenvalue weighted by Crippen LogP contribution is -2.18. The Balaban J connectivity index is 2.36. The van der Waals surface area contributed by atoms with Crippen molar-refractivity contribution in [3.8, 4) is 11.5 Å². The lowest BCUT2D eigenvalue weighted by Gasteiger charge is -2.15. The summed E-state index contributed by atoms with van der Waals surface area (Å²) < 4.78 is 44.7. The van der Waals surface area contributed by atoms with Gasteiger partial charge in [0.15, 0.2) is 0 Å². The minimum absolute atomic E-state index is 0.212. The normalized spacial score (nSPS) is 13.0. The summed E-state index contributed by atoms with van der Waals surface area (Å²) in [5, 5.41) is 0. The molecule has 0 saturated heterocycles. The standard InChI is InChI=1S/C15H15F3N2O/c1-10(19)7-11-4-5-14(13(8-11)15(16,17)18)21-12-3-2-6-20-9-12/h2-6,8-10H,7,19H2,1H3. The number of hydrogen-bond donors (Lipinski definition) is 1. The van der Waals surface area contributed by atoms with Gasteiger partial charge in [-0.3, -0.25) is 4.98 Å². The van der Waals surface area contributed by atoms with E-state index in [1.807, 2.05) is 0 Å². The minimum Gasteiger partial charge on any atom is -0.455 e. The Hall–Kier alpha value is -2.08. The largest absolute Gasteiger partial charge is 0.455 e. The fraction of sp³-hybridized carbons (Fsp3) is 0.267. The molecule has 112 valence electrons. The summed E-state index contributed by atoms with van der Waals surface area (Å²) in [7, 11) is 0. The van der Waals surface area contributed by atoms with Crippen molar-refractivity contribution in [2.75, 3.05) is 0 Å². The molecule has 2 rings (SSSR count). The first-order valence-electron chi connectivity index (χ1n) is 6.40. The Morgan fingerprint density at radius 3 is 2.62 bits per heavy atom. The number of nitrogens with two attached hydrogens (primary N) is 1. The molecule has 21 heavy (non-hydrogen) atoms. The van der Waals surface area contributed by atoms with Crippen molar-refractivity contribution in [1.82, 2.24) is 4.98 Å². The van der Waals surface area contributed by atoms with Crippen LogP contribution in [0.25, 0.3) is 0 Å². The van der Waals surface area contributed by atoms with E-state index in [4.69, 9.17) is 10.5 Å². The zero-order valence-corrected chi connectivity index (χ0v) is 11.4. The zero-order valence-electron chi connectivity index (χ0n) is 11.4. The van der Waals surface area contributed by atoms with E-state index in [1.54, 1.807) is 25.1 Å². The van der Waals surface area contributed by atoms with Crippen molar-refractivity contribution < 1.29 is 17.9 Å². The molecule has 0 radical (unpaired) electrons. The number of nitrogens with zero attached hydrogens (tertiary/aromatic N) is 1. The van der Waals surface area contributed by atoms with Gasteiger partial charge < -0.3 is 10.5 Å². The predicted molar refractivity (Wildman–Crippen MR) is 73.1 cm³/mol. The summed E-state index contributed by atoms with van der Waals surface area (Å²) >= 11 is 0. The van der Waals surface area contributed by atoms with Gasteiger partial charge in [0.25, 0.3) is 0 Å². The van der Waals surface area contributed by atoms with Gasteiger partial charge in [-0.2, -0.15) is 13.2 Å². The molecule has 0 saturated carbocycles. The van der Waals surface area contributed by atoms with Crippen molar-refractivity contribution in [3.05, 3.63) is 53.9 Å². The molecule has 2 N–H and O–H groups in total. The minimum atomic E-state index is -4.49. The van der Waals surface area contributed by atoms with E-state index in [1.165, 1.54) is 18.5 Å². The van der Waals surface area contributed by atoms with Crippen LogP contribution in [0.4, 0.5) is 13.2 Å². The second-order valence-electron chi connectivity index (χ2n) is 4.80. The molecule has 6 heteroatoms. The molecular weight excluding hydrogens is 281 g/mol. The third-order valence-electron chi connectivity index (χ3n) is 2.77. The van der Waals surface area contributed by atoms with E-state index < -0.39 is 11.7 Å². The fourth-order valence-corrected chi connectivity index (χ4v) is 1.92. The second kappa shape index (κ2) is 6.13. The SMILES string of the molecule is CC(N)Cc1ccc(Oc2cccnc2)c(C(F)(F)F)c1. The summed E-state index contributed by atoms with van der Waals surface area (Å²) in [4.78, 5) is 3.81. The Morgan fingerprint density at radius 2 is 2.05 bits per heavy atom. The van der Waals surface area contributed by atoms with Gasteiger partial charge in [-0.25, -0.2) is 0 Å². The van der Waals surface area contributed by atoms with Crippen LogP contribution in [0.1, 0.15) is 18.1 Å². The quantitative estimate of drug-likeness (QED) is 0.934. The number of ether oxygens (including phenoxy) is 1. The van der Waals surface area contributed by atoms with Crippen molar-refractivity contribution >= 4 is 0 Å². The molecule has 1 aromatic carbocycles. The molecule has 0 aliphatic rings. The average molecular weight is 296 g/mol. The molecule has 3 nitrogen and oxygen atoms in total. The van der Waals surface area contributed by atoms with Gasteiger partial charge in [0.2, 0.25) is 0 Å². The molecule has 0 fully saturated rings. The van der Waals surface area contributed by atoms with Crippen LogP contribution in [0.15, 0.2) is 42.7 Å². The number of halogens is 3. The number of alkyl halides is 3. The van der Waals surface area contributed by atoms with Crippen molar-refractivity contribution in [3.63, 3.8) is 0 Å². The smallest absolute Gasteiger partial charge is 0.419 e. The lowest BCUT2D eigenvalue weighted by atomic mass is 10.0. The summed E-state index contributed by atoms with van der Waals surface area (Å²) in [6.07, 6.45) is -1.25. The van der Waals surface area contributed by atoms with Crippen LogP contribution < -0.4 is 10.5 Å². The van der Waals surface area contributed by atoms with E-state index in [9.17, 15) is 13.2 Å². The van der Waals surface area contributed by atoms with Crippen molar-refractivity contribution in [2.24, 2.45) is 5.73 Å². The Bertz CT molecular complexity index is 598. The maximum Gasteiger partial charge on any atom is 0.419 e. The molecule has 1 atom stereocenters. The van der Waals surface area contributed by atoms with E-state index in [2.05, 4.69) is 4.98 Å². The molecule has 1 heterocycles. The van der Waals surface area contributed by atoms with Crippen LogP contribution in [-0.2, 0) is 12.6 Å². The van der Waals surface area contributed by atoms with Gasteiger partial charge in [-0.1, -0.05) is 6.07 Å². The summed E-state index contributed by atoms with van der Waals surface area (Å²) in [6, 6.07) is 6.90. The second-order valence-corrected chi connectivity index (χ2v) is 4.80. The van der Waals surface area contributed by atoms with E-state index in [0.29, 0.717) is 12.0 Å². The molecule has 2 aromatic rings. The van der Waals surface area contributed by atoms with Crippen molar-refractivity contribution in [2.45, 2.75) is 25.6 Å². The van der Waals surface area contributed by atoms with Crippen LogP contribution in [0.5, 0.6) is 11.5 Å². The number of hydrogen-bond acceptors (Lipinski definition) is 3. The highest BCUT2D eigenvalue weighted by Gasteiger charge is 2.35. The first-order chi connectivity index (χ1) is 9.86. The zero-order chi connectivity index (χ0) is 15.5. The molecule has 0 aliphatic carbocycles. The molecule has 0 spiro atoms. The van der Waals surface area contributed by atoms with E-state index in [-0.39, 0.29) is 17.5 Å². The van der Waals surface area contributed by atoms with E-state index >= 15 is 0 Å². The maximum absolute atomic E-state index is 13.1. The predicted octanol–water partition coefficient (Wildman–Crippen LogP) is 3.78. The summed E-state index contributed by atoms with van der Waals surface area (Å²) in [6.45, 7) is 1.74. The van der Waals surface area contributed by atoms with Gasteiger partial charge in [0.05, 0.1) is 11.8 Å². The van der Waals surface area contributed by atoms with Crippen molar-refractivity contribution in [1.29, 1.82) is 0 Å². The summed E-state index contributed by atoms with van der Waals surface area (Å²) in [5.74, 6) is 0.00636. The highest BCUT2D eigenvalue weighted by molar-refractivity contribution is 5.42. The van der Waals surface area contributed by atoms with Crippen LogP contribution in [-0.4, -0.2) is 11.0 Å². The Labute approximate surface area is 120 Å². The third-order valence-corrected chi connectivity index (χ3v) is 2.77. The Morgan fingerprint density at radius 1 is 1.29 bits per heavy atom. The molecule has 0 amide bonds. The van der Waals surface area contributed by atoms with Gasteiger partial charge >= 0.3 is 6.18 Å². The van der Waals surface area contributed by atoms with Gasteiger partial charge in [0.1, 0.15) is 11.5 Å². The van der Waals surface area contributed by atoms with Gasteiger partial charge in [0, 0.05) is 12.2 Å². The number of rotatable bonds is 4.